The number of nitrogens with zero attached hydrogens (tertiary/aromatic N) is 1. The van der Waals surface area contributed by atoms with Crippen LogP contribution in [-0.2, 0) is 4.74 Å². The summed E-state index contributed by atoms with van der Waals surface area (Å²) in [4.78, 5) is 2.33. The average molecular weight is 248 g/mol. The summed E-state index contributed by atoms with van der Waals surface area (Å²) in [7, 11) is 2.15. The number of benzene rings is 1. The van der Waals surface area contributed by atoms with E-state index in [1.165, 1.54) is 5.56 Å². The summed E-state index contributed by atoms with van der Waals surface area (Å²) in [5, 5.41) is 3.52. The predicted molar refractivity (Wildman–Crippen MR) is 75.0 cm³/mol. The summed E-state index contributed by atoms with van der Waals surface area (Å²) in [6.45, 7) is 7.16. The molecule has 1 heterocycles. The lowest BCUT2D eigenvalue weighted by atomic mass is 10.0. The van der Waals surface area contributed by atoms with Crippen LogP contribution in [0.5, 0.6) is 0 Å². The third-order valence-corrected chi connectivity index (χ3v) is 3.53. The third kappa shape index (κ3) is 4.09. The van der Waals surface area contributed by atoms with Crippen molar-refractivity contribution >= 4 is 0 Å². The van der Waals surface area contributed by atoms with Crippen LogP contribution in [0.3, 0.4) is 0 Å². The quantitative estimate of drug-likeness (QED) is 0.858. The minimum absolute atomic E-state index is 0.340. The van der Waals surface area contributed by atoms with Gasteiger partial charge in [0.15, 0.2) is 0 Å². The van der Waals surface area contributed by atoms with E-state index in [0.717, 1.165) is 32.8 Å². The Labute approximate surface area is 110 Å². The summed E-state index contributed by atoms with van der Waals surface area (Å²) in [5.74, 6) is 0.549. The minimum Gasteiger partial charge on any atom is -0.374 e. The van der Waals surface area contributed by atoms with Crippen molar-refractivity contribution in [3.05, 3.63) is 35.9 Å². The molecular weight excluding hydrogens is 224 g/mol. The zero-order valence-electron chi connectivity index (χ0n) is 11.4. The van der Waals surface area contributed by atoms with Gasteiger partial charge in [-0.15, -0.1) is 0 Å². The molecule has 1 aliphatic rings. The van der Waals surface area contributed by atoms with Crippen LogP contribution in [0.2, 0.25) is 0 Å². The van der Waals surface area contributed by atoms with Gasteiger partial charge in [-0.2, -0.15) is 0 Å². The lowest BCUT2D eigenvalue weighted by Crippen LogP contribution is -2.45. The molecule has 2 atom stereocenters. The lowest BCUT2D eigenvalue weighted by Gasteiger charge is -2.30. The second-order valence-corrected chi connectivity index (χ2v) is 5.23. The first-order valence-electron chi connectivity index (χ1n) is 6.81. The van der Waals surface area contributed by atoms with Gasteiger partial charge in [-0.05, 0) is 18.5 Å². The van der Waals surface area contributed by atoms with Crippen LogP contribution in [0, 0.1) is 0 Å². The average Bonchev–Trinajstić information content (AvgIpc) is 2.40. The van der Waals surface area contributed by atoms with Crippen molar-refractivity contribution < 1.29 is 4.74 Å². The van der Waals surface area contributed by atoms with Crippen molar-refractivity contribution in [3.8, 4) is 0 Å². The fraction of sp³-hybridized carbons (Fsp3) is 0.600. The van der Waals surface area contributed by atoms with Gasteiger partial charge in [0, 0.05) is 26.2 Å². The van der Waals surface area contributed by atoms with Gasteiger partial charge in [0.2, 0.25) is 0 Å². The highest BCUT2D eigenvalue weighted by Gasteiger charge is 2.17. The van der Waals surface area contributed by atoms with E-state index in [0.29, 0.717) is 12.0 Å². The molecule has 1 aliphatic heterocycles. The molecule has 3 nitrogen and oxygen atoms in total. The highest BCUT2D eigenvalue weighted by Crippen LogP contribution is 2.13. The third-order valence-electron chi connectivity index (χ3n) is 3.53. The largest absolute Gasteiger partial charge is 0.374 e. The van der Waals surface area contributed by atoms with E-state index in [4.69, 9.17) is 4.74 Å². The maximum absolute atomic E-state index is 5.73. The fourth-order valence-corrected chi connectivity index (χ4v) is 2.35. The maximum atomic E-state index is 5.73. The first kappa shape index (κ1) is 13.5. The van der Waals surface area contributed by atoms with Gasteiger partial charge < -0.3 is 15.0 Å². The molecule has 0 amide bonds. The summed E-state index contributed by atoms with van der Waals surface area (Å²) in [6.07, 6.45) is 0.340. The number of rotatable bonds is 5. The number of nitrogens with one attached hydrogen (secondary N) is 1. The number of hydrogen-bond donors (Lipinski definition) is 1. The molecule has 1 saturated heterocycles. The van der Waals surface area contributed by atoms with E-state index in [-0.39, 0.29) is 0 Å². The van der Waals surface area contributed by atoms with Gasteiger partial charge >= 0.3 is 0 Å². The monoisotopic (exact) mass is 248 g/mol. The Morgan fingerprint density at radius 2 is 2.17 bits per heavy atom. The zero-order chi connectivity index (χ0) is 12.8. The summed E-state index contributed by atoms with van der Waals surface area (Å²) >= 11 is 0. The SMILES string of the molecule is CC(CNCC1CN(C)CCO1)c1ccccc1. The first-order chi connectivity index (χ1) is 8.75. The molecule has 0 bridgehead atoms. The highest BCUT2D eigenvalue weighted by atomic mass is 16.5. The van der Waals surface area contributed by atoms with E-state index >= 15 is 0 Å². The van der Waals surface area contributed by atoms with Crippen LogP contribution in [0.15, 0.2) is 30.3 Å². The van der Waals surface area contributed by atoms with Gasteiger partial charge in [0.1, 0.15) is 0 Å². The van der Waals surface area contributed by atoms with Gasteiger partial charge in [-0.3, -0.25) is 0 Å². The van der Waals surface area contributed by atoms with Crippen LogP contribution in [0.1, 0.15) is 18.4 Å². The number of morpholine rings is 1. The van der Waals surface area contributed by atoms with E-state index in [1.54, 1.807) is 0 Å². The summed E-state index contributed by atoms with van der Waals surface area (Å²) in [6, 6.07) is 10.7. The van der Waals surface area contributed by atoms with Gasteiger partial charge in [0.05, 0.1) is 12.7 Å². The van der Waals surface area contributed by atoms with Crippen LogP contribution in [0.25, 0.3) is 0 Å². The predicted octanol–water partition coefficient (Wildman–Crippen LogP) is 1.71. The normalized spacial score (nSPS) is 22.9. The van der Waals surface area contributed by atoms with Gasteiger partial charge in [0.25, 0.3) is 0 Å². The zero-order valence-corrected chi connectivity index (χ0v) is 11.4. The van der Waals surface area contributed by atoms with Crippen molar-refractivity contribution in [3.63, 3.8) is 0 Å². The molecular formula is C15H24N2O. The Morgan fingerprint density at radius 1 is 1.39 bits per heavy atom. The van der Waals surface area contributed by atoms with Crippen LogP contribution < -0.4 is 5.32 Å². The van der Waals surface area contributed by atoms with E-state index in [9.17, 15) is 0 Å². The maximum Gasteiger partial charge on any atom is 0.0826 e. The van der Waals surface area contributed by atoms with E-state index in [1.807, 2.05) is 0 Å². The Bertz CT molecular complexity index is 342. The first-order valence-corrected chi connectivity index (χ1v) is 6.81. The summed E-state index contributed by atoms with van der Waals surface area (Å²) < 4.78 is 5.73. The van der Waals surface area contributed by atoms with Crippen LogP contribution >= 0.6 is 0 Å². The topological polar surface area (TPSA) is 24.5 Å². The fourth-order valence-electron chi connectivity index (χ4n) is 2.35. The standard InChI is InChI=1S/C15H24N2O/c1-13(14-6-4-3-5-7-14)10-16-11-15-12-17(2)8-9-18-15/h3-7,13,15-16H,8-12H2,1-2H3. The van der Waals surface area contributed by atoms with Crippen molar-refractivity contribution in [2.45, 2.75) is 18.9 Å². The lowest BCUT2D eigenvalue weighted by molar-refractivity contribution is -0.0180. The minimum atomic E-state index is 0.340. The van der Waals surface area contributed by atoms with E-state index in [2.05, 4.69) is 54.5 Å². The van der Waals surface area contributed by atoms with Crippen LogP contribution in [0.4, 0.5) is 0 Å². The Balaban J connectivity index is 1.69. The van der Waals surface area contributed by atoms with Crippen molar-refractivity contribution in [1.82, 2.24) is 10.2 Å². The van der Waals surface area contributed by atoms with Crippen LogP contribution in [-0.4, -0.2) is 50.8 Å². The molecule has 0 radical (unpaired) electrons. The number of hydrogen-bond acceptors (Lipinski definition) is 3. The van der Waals surface area contributed by atoms with Crippen molar-refractivity contribution in [2.24, 2.45) is 0 Å². The summed E-state index contributed by atoms with van der Waals surface area (Å²) in [5.41, 5.74) is 1.40. The van der Waals surface area contributed by atoms with Crippen molar-refractivity contribution in [1.29, 1.82) is 0 Å². The van der Waals surface area contributed by atoms with Gasteiger partial charge in [-0.25, -0.2) is 0 Å². The molecule has 18 heavy (non-hydrogen) atoms. The van der Waals surface area contributed by atoms with E-state index < -0.39 is 0 Å². The molecule has 100 valence electrons. The second-order valence-electron chi connectivity index (χ2n) is 5.23. The Hall–Kier alpha value is -0.900. The smallest absolute Gasteiger partial charge is 0.0826 e. The molecule has 0 aliphatic carbocycles. The molecule has 0 spiro atoms. The second kappa shape index (κ2) is 6.88. The molecule has 1 aromatic rings. The molecule has 3 heteroatoms. The number of ether oxygens (including phenoxy) is 1. The van der Waals surface area contributed by atoms with Crippen molar-refractivity contribution in [2.75, 3.05) is 39.8 Å². The molecule has 2 unspecified atom stereocenters. The molecule has 1 fully saturated rings. The van der Waals surface area contributed by atoms with Gasteiger partial charge in [-0.1, -0.05) is 37.3 Å². The Morgan fingerprint density at radius 3 is 2.89 bits per heavy atom. The highest BCUT2D eigenvalue weighted by molar-refractivity contribution is 5.18. The molecule has 0 aromatic heterocycles. The molecule has 1 aromatic carbocycles. The molecule has 0 saturated carbocycles. The molecule has 2 rings (SSSR count). The number of likely N-dealkylation sites (N-methyl/N-ethyl adjacent to an activating group) is 1. The molecule has 1 N–H and O–H groups in total. The Kier molecular flexibility index (Phi) is 5.17.